The number of rotatable bonds is 5. The van der Waals surface area contributed by atoms with Gasteiger partial charge in [0.15, 0.2) is 0 Å². The van der Waals surface area contributed by atoms with E-state index in [9.17, 15) is 4.79 Å². The van der Waals surface area contributed by atoms with Gasteiger partial charge in [-0.3, -0.25) is 4.79 Å². The predicted molar refractivity (Wildman–Crippen MR) is 102 cm³/mol. The van der Waals surface area contributed by atoms with Crippen LogP contribution in [-0.2, 0) is 11.3 Å². The van der Waals surface area contributed by atoms with Crippen molar-refractivity contribution in [3.8, 4) is 0 Å². The molecule has 134 valence electrons. The Kier molecular flexibility index (Phi) is 6.70. The van der Waals surface area contributed by atoms with Crippen LogP contribution in [0.2, 0.25) is 0 Å². The van der Waals surface area contributed by atoms with Gasteiger partial charge in [-0.05, 0) is 56.2 Å². The molecule has 0 aromatic heterocycles. The molecular weight excluding hydrogens is 320 g/mol. The summed E-state index contributed by atoms with van der Waals surface area (Å²) in [5.74, 6) is 1.15. The van der Waals surface area contributed by atoms with E-state index in [-0.39, 0.29) is 18.3 Å². The van der Waals surface area contributed by atoms with E-state index in [1.54, 1.807) is 0 Å². The molecule has 24 heavy (non-hydrogen) atoms. The third-order valence-corrected chi connectivity index (χ3v) is 5.24. The molecule has 1 saturated heterocycles. The SMILES string of the molecule is CC(C)c1ccc(CN(C(=O)[C@H]2CCN[C@@H](C)C2)C2CC2)cc1.Cl. The molecule has 1 saturated carbocycles. The van der Waals surface area contributed by atoms with Gasteiger partial charge in [0.1, 0.15) is 0 Å². The maximum Gasteiger partial charge on any atom is 0.226 e. The summed E-state index contributed by atoms with van der Waals surface area (Å²) in [5, 5.41) is 3.45. The quantitative estimate of drug-likeness (QED) is 0.866. The van der Waals surface area contributed by atoms with Crippen molar-refractivity contribution in [2.45, 2.75) is 71.0 Å². The number of piperidine rings is 1. The minimum Gasteiger partial charge on any atom is -0.335 e. The molecule has 1 amide bonds. The van der Waals surface area contributed by atoms with Crippen molar-refractivity contribution < 1.29 is 4.79 Å². The molecule has 1 aliphatic carbocycles. The van der Waals surface area contributed by atoms with Crippen LogP contribution in [0, 0.1) is 5.92 Å². The van der Waals surface area contributed by atoms with Crippen LogP contribution in [0.4, 0.5) is 0 Å². The fraction of sp³-hybridized carbons (Fsp3) is 0.650. The summed E-state index contributed by atoms with van der Waals surface area (Å²) in [6.07, 6.45) is 4.32. The standard InChI is InChI=1S/C20H30N2O.ClH/c1-14(2)17-6-4-16(5-7-17)13-22(19-8-9-19)20(23)18-10-11-21-15(3)12-18;/h4-7,14-15,18-19,21H,8-13H2,1-3H3;1H/t15-,18-;/m0./s1. The smallest absolute Gasteiger partial charge is 0.226 e. The maximum atomic E-state index is 13.0. The van der Waals surface area contributed by atoms with Crippen LogP contribution in [0.3, 0.4) is 0 Å². The number of benzene rings is 1. The number of carbonyl (C=O) groups excluding carboxylic acids is 1. The highest BCUT2D eigenvalue weighted by Gasteiger charge is 2.36. The van der Waals surface area contributed by atoms with Gasteiger partial charge in [-0.1, -0.05) is 38.1 Å². The summed E-state index contributed by atoms with van der Waals surface area (Å²) in [4.78, 5) is 15.2. The third-order valence-electron chi connectivity index (χ3n) is 5.24. The second-order valence-electron chi connectivity index (χ2n) is 7.67. The van der Waals surface area contributed by atoms with E-state index < -0.39 is 0 Å². The van der Waals surface area contributed by atoms with Gasteiger partial charge in [0.05, 0.1) is 0 Å². The molecule has 3 rings (SSSR count). The molecule has 1 heterocycles. The van der Waals surface area contributed by atoms with Crippen molar-refractivity contribution in [1.82, 2.24) is 10.2 Å². The number of halogens is 1. The van der Waals surface area contributed by atoms with Gasteiger partial charge in [-0.25, -0.2) is 0 Å². The second kappa shape index (κ2) is 8.35. The fourth-order valence-corrected chi connectivity index (χ4v) is 3.57. The Hall–Kier alpha value is -1.06. The number of nitrogens with zero attached hydrogens (tertiary/aromatic N) is 1. The van der Waals surface area contributed by atoms with Crippen molar-refractivity contribution in [3.63, 3.8) is 0 Å². The molecule has 4 heteroatoms. The number of amides is 1. The first-order valence-electron chi connectivity index (χ1n) is 9.17. The Morgan fingerprint density at radius 3 is 2.42 bits per heavy atom. The molecule has 1 N–H and O–H groups in total. The molecule has 2 aliphatic rings. The zero-order valence-electron chi connectivity index (χ0n) is 15.1. The summed E-state index contributed by atoms with van der Waals surface area (Å²) in [6.45, 7) is 8.37. The maximum absolute atomic E-state index is 13.0. The number of hydrogen-bond donors (Lipinski definition) is 1. The number of hydrogen-bond acceptors (Lipinski definition) is 2. The summed E-state index contributed by atoms with van der Waals surface area (Å²) in [6, 6.07) is 9.76. The Balaban J connectivity index is 0.00000208. The molecule has 2 atom stereocenters. The van der Waals surface area contributed by atoms with Crippen LogP contribution in [0.25, 0.3) is 0 Å². The zero-order chi connectivity index (χ0) is 16.4. The molecule has 1 aromatic carbocycles. The number of nitrogens with one attached hydrogen (secondary N) is 1. The lowest BCUT2D eigenvalue weighted by Gasteiger charge is -2.32. The Labute approximate surface area is 152 Å². The lowest BCUT2D eigenvalue weighted by molar-refractivity contribution is -0.138. The van der Waals surface area contributed by atoms with Crippen LogP contribution in [-0.4, -0.2) is 29.4 Å². The zero-order valence-corrected chi connectivity index (χ0v) is 15.9. The fourth-order valence-electron chi connectivity index (χ4n) is 3.57. The summed E-state index contributed by atoms with van der Waals surface area (Å²) in [7, 11) is 0. The molecule has 0 unspecified atom stereocenters. The largest absolute Gasteiger partial charge is 0.335 e. The predicted octanol–water partition coefficient (Wildman–Crippen LogP) is 4.11. The highest BCUT2D eigenvalue weighted by Crippen LogP contribution is 2.32. The van der Waals surface area contributed by atoms with Crippen molar-refractivity contribution in [1.29, 1.82) is 0 Å². The van der Waals surface area contributed by atoms with Crippen molar-refractivity contribution >= 4 is 18.3 Å². The van der Waals surface area contributed by atoms with E-state index in [1.165, 1.54) is 24.0 Å². The van der Waals surface area contributed by atoms with Crippen LogP contribution in [0.5, 0.6) is 0 Å². The van der Waals surface area contributed by atoms with E-state index in [0.717, 1.165) is 25.9 Å². The first-order chi connectivity index (χ1) is 11.0. The summed E-state index contributed by atoms with van der Waals surface area (Å²) < 4.78 is 0. The lowest BCUT2D eigenvalue weighted by Crippen LogP contribution is -2.44. The molecule has 0 bridgehead atoms. The van der Waals surface area contributed by atoms with Crippen molar-refractivity contribution in [2.75, 3.05) is 6.54 Å². The van der Waals surface area contributed by atoms with Gasteiger partial charge < -0.3 is 10.2 Å². The average Bonchev–Trinajstić information content (AvgIpc) is 3.37. The van der Waals surface area contributed by atoms with E-state index in [2.05, 4.69) is 55.3 Å². The molecule has 1 aromatic rings. The Bertz CT molecular complexity index is 539. The topological polar surface area (TPSA) is 32.3 Å². The van der Waals surface area contributed by atoms with E-state index in [1.807, 2.05) is 0 Å². The molecular formula is C20H31ClN2O. The van der Waals surface area contributed by atoms with Gasteiger partial charge in [0.25, 0.3) is 0 Å². The van der Waals surface area contributed by atoms with Gasteiger partial charge in [-0.15, -0.1) is 12.4 Å². The van der Waals surface area contributed by atoms with Crippen LogP contribution in [0.1, 0.15) is 63.5 Å². The van der Waals surface area contributed by atoms with Crippen molar-refractivity contribution in [3.05, 3.63) is 35.4 Å². The minimum absolute atomic E-state index is 0. The monoisotopic (exact) mass is 350 g/mol. The summed E-state index contributed by atoms with van der Waals surface area (Å²) in [5.41, 5.74) is 2.63. The molecule has 0 spiro atoms. The first-order valence-corrected chi connectivity index (χ1v) is 9.17. The lowest BCUT2D eigenvalue weighted by atomic mass is 9.91. The van der Waals surface area contributed by atoms with E-state index in [4.69, 9.17) is 0 Å². The van der Waals surface area contributed by atoms with Crippen molar-refractivity contribution in [2.24, 2.45) is 5.92 Å². The van der Waals surface area contributed by atoms with Gasteiger partial charge in [0, 0.05) is 24.5 Å². The minimum atomic E-state index is 0. The highest BCUT2D eigenvalue weighted by atomic mass is 35.5. The van der Waals surface area contributed by atoms with Gasteiger partial charge >= 0.3 is 0 Å². The second-order valence-corrected chi connectivity index (χ2v) is 7.67. The Morgan fingerprint density at radius 1 is 1.21 bits per heavy atom. The molecule has 0 radical (unpaired) electrons. The molecule has 1 aliphatic heterocycles. The average molecular weight is 351 g/mol. The number of carbonyl (C=O) groups is 1. The first kappa shape index (κ1) is 19.3. The molecule has 3 nitrogen and oxygen atoms in total. The molecule has 2 fully saturated rings. The third kappa shape index (κ3) is 4.73. The summed E-state index contributed by atoms with van der Waals surface area (Å²) >= 11 is 0. The van der Waals surface area contributed by atoms with Crippen LogP contribution in [0.15, 0.2) is 24.3 Å². The normalized spacial score (nSPS) is 23.7. The van der Waals surface area contributed by atoms with E-state index in [0.29, 0.717) is 23.9 Å². The van der Waals surface area contributed by atoms with Gasteiger partial charge in [-0.2, -0.15) is 0 Å². The highest BCUT2D eigenvalue weighted by molar-refractivity contribution is 5.85. The van der Waals surface area contributed by atoms with E-state index >= 15 is 0 Å². The van der Waals surface area contributed by atoms with Gasteiger partial charge in [0.2, 0.25) is 5.91 Å². The Morgan fingerprint density at radius 2 is 1.88 bits per heavy atom. The van der Waals surface area contributed by atoms with Crippen LogP contribution >= 0.6 is 12.4 Å². The van der Waals surface area contributed by atoms with Crippen LogP contribution < -0.4 is 5.32 Å².